The molecule has 0 bridgehead atoms. The number of aryl methyl sites for hydroxylation is 6. The summed E-state index contributed by atoms with van der Waals surface area (Å²) in [6.45, 7) is 8.72. The number of hydrogen-bond donors (Lipinski definition) is 0. The molecular weight excluding hydrogens is 288 g/mol. The predicted molar refractivity (Wildman–Crippen MR) is 105 cm³/mol. The maximum atomic E-state index is 2.33. The standard InChI is InChI=1S/C24H26/c1-17-5-8-21(9-6-17)10-12-22-13-14-24(16-20(22)4)23-11-7-18(2)19(3)15-23/h5-9,11,13-16H,10,12H2,1-4H3. The van der Waals surface area contributed by atoms with Gasteiger partial charge in [0, 0.05) is 0 Å². The van der Waals surface area contributed by atoms with E-state index in [4.69, 9.17) is 0 Å². The fraction of sp³-hybridized carbons (Fsp3) is 0.250. The summed E-state index contributed by atoms with van der Waals surface area (Å²) in [5.41, 5.74) is 10.9. The lowest BCUT2D eigenvalue weighted by Crippen LogP contribution is -1.95. The first-order valence-electron chi connectivity index (χ1n) is 8.75. The zero-order chi connectivity index (χ0) is 17.1. The highest BCUT2D eigenvalue weighted by atomic mass is 14.1. The molecule has 122 valence electrons. The molecule has 0 aliphatic carbocycles. The Morgan fingerprint density at radius 1 is 0.542 bits per heavy atom. The Kier molecular flexibility index (Phi) is 4.85. The SMILES string of the molecule is Cc1ccc(CCc2ccc(-c3ccc(C)c(C)c3)cc2C)cc1. The third kappa shape index (κ3) is 3.76. The van der Waals surface area contributed by atoms with E-state index in [2.05, 4.69) is 88.4 Å². The van der Waals surface area contributed by atoms with Crippen molar-refractivity contribution < 1.29 is 0 Å². The number of rotatable bonds is 4. The van der Waals surface area contributed by atoms with E-state index in [0.717, 1.165) is 12.8 Å². The molecule has 0 aromatic heterocycles. The van der Waals surface area contributed by atoms with Crippen LogP contribution >= 0.6 is 0 Å². The Morgan fingerprint density at radius 2 is 1.17 bits per heavy atom. The van der Waals surface area contributed by atoms with Gasteiger partial charge in [0.25, 0.3) is 0 Å². The van der Waals surface area contributed by atoms with Crippen LogP contribution in [0.5, 0.6) is 0 Å². The minimum absolute atomic E-state index is 1.10. The third-order valence-corrected chi connectivity index (χ3v) is 4.99. The van der Waals surface area contributed by atoms with Gasteiger partial charge in [-0.3, -0.25) is 0 Å². The van der Waals surface area contributed by atoms with Crippen LogP contribution in [0.15, 0.2) is 60.7 Å². The van der Waals surface area contributed by atoms with Crippen LogP contribution in [0.4, 0.5) is 0 Å². The van der Waals surface area contributed by atoms with Crippen LogP contribution in [-0.2, 0) is 12.8 Å². The first-order chi connectivity index (χ1) is 11.5. The summed E-state index contributed by atoms with van der Waals surface area (Å²) in [5.74, 6) is 0. The predicted octanol–water partition coefficient (Wildman–Crippen LogP) is 6.37. The van der Waals surface area contributed by atoms with Gasteiger partial charge in [-0.1, -0.05) is 66.2 Å². The first-order valence-corrected chi connectivity index (χ1v) is 8.75. The highest BCUT2D eigenvalue weighted by Gasteiger charge is 2.04. The fourth-order valence-corrected chi connectivity index (χ4v) is 3.11. The number of benzene rings is 3. The van der Waals surface area contributed by atoms with Crippen molar-refractivity contribution in [3.05, 3.63) is 94.0 Å². The van der Waals surface area contributed by atoms with Crippen molar-refractivity contribution in [3.63, 3.8) is 0 Å². The molecule has 0 saturated heterocycles. The Morgan fingerprint density at radius 3 is 1.79 bits per heavy atom. The van der Waals surface area contributed by atoms with Crippen molar-refractivity contribution >= 4 is 0 Å². The summed E-state index contributed by atoms with van der Waals surface area (Å²) in [7, 11) is 0. The molecule has 0 nitrogen and oxygen atoms in total. The average Bonchev–Trinajstić information content (AvgIpc) is 2.58. The third-order valence-electron chi connectivity index (χ3n) is 4.99. The van der Waals surface area contributed by atoms with Gasteiger partial charge in [-0.2, -0.15) is 0 Å². The van der Waals surface area contributed by atoms with E-state index in [1.807, 2.05) is 0 Å². The molecule has 3 aromatic rings. The molecule has 24 heavy (non-hydrogen) atoms. The summed E-state index contributed by atoms with van der Waals surface area (Å²) < 4.78 is 0. The van der Waals surface area contributed by atoms with Crippen molar-refractivity contribution in [2.75, 3.05) is 0 Å². The molecule has 0 amide bonds. The lowest BCUT2D eigenvalue weighted by molar-refractivity contribution is 0.948. The summed E-state index contributed by atoms with van der Waals surface area (Å²) in [6.07, 6.45) is 2.20. The highest BCUT2D eigenvalue weighted by Crippen LogP contribution is 2.25. The fourth-order valence-electron chi connectivity index (χ4n) is 3.11. The molecule has 0 saturated carbocycles. The minimum atomic E-state index is 1.10. The summed E-state index contributed by atoms with van der Waals surface area (Å²) >= 11 is 0. The first kappa shape index (κ1) is 16.5. The Bertz CT molecular complexity index is 838. The molecule has 0 fully saturated rings. The van der Waals surface area contributed by atoms with Crippen LogP contribution in [0.25, 0.3) is 11.1 Å². The van der Waals surface area contributed by atoms with Gasteiger partial charge in [-0.25, -0.2) is 0 Å². The summed E-state index contributed by atoms with van der Waals surface area (Å²) in [6, 6.07) is 22.5. The second-order valence-electron chi connectivity index (χ2n) is 6.93. The molecule has 0 atom stereocenters. The van der Waals surface area contributed by atoms with Gasteiger partial charge in [-0.15, -0.1) is 0 Å². The maximum absolute atomic E-state index is 2.33. The maximum Gasteiger partial charge on any atom is -0.0181 e. The molecule has 0 heteroatoms. The zero-order valence-electron chi connectivity index (χ0n) is 15.2. The van der Waals surface area contributed by atoms with Gasteiger partial charge >= 0.3 is 0 Å². The van der Waals surface area contributed by atoms with Crippen LogP contribution in [0.1, 0.15) is 33.4 Å². The molecule has 0 aliphatic heterocycles. The molecule has 0 N–H and O–H groups in total. The smallest absolute Gasteiger partial charge is 0.0181 e. The Balaban J connectivity index is 1.76. The lowest BCUT2D eigenvalue weighted by atomic mass is 9.95. The van der Waals surface area contributed by atoms with Crippen LogP contribution in [-0.4, -0.2) is 0 Å². The average molecular weight is 314 g/mol. The summed E-state index contributed by atoms with van der Waals surface area (Å²) in [4.78, 5) is 0. The molecule has 0 heterocycles. The minimum Gasteiger partial charge on any atom is -0.0591 e. The van der Waals surface area contributed by atoms with Gasteiger partial charge in [-0.05, 0) is 79.5 Å². The van der Waals surface area contributed by atoms with E-state index >= 15 is 0 Å². The van der Waals surface area contributed by atoms with Crippen molar-refractivity contribution in [1.29, 1.82) is 0 Å². The van der Waals surface area contributed by atoms with Gasteiger partial charge < -0.3 is 0 Å². The Labute approximate surface area is 146 Å². The highest BCUT2D eigenvalue weighted by molar-refractivity contribution is 5.66. The van der Waals surface area contributed by atoms with Crippen LogP contribution < -0.4 is 0 Å². The van der Waals surface area contributed by atoms with Gasteiger partial charge in [0.1, 0.15) is 0 Å². The van der Waals surface area contributed by atoms with E-state index in [1.165, 1.54) is 44.5 Å². The van der Waals surface area contributed by atoms with Crippen molar-refractivity contribution in [3.8, 4) is 11.1 Å². The van der Waals surface area contributed by atoms with Crippen molar-refractivity contribution in [1.82, 2.24) is 0 Å². The van der Waals surface area contributed by atoms with Gasteiger partial charge in [0.2, 0.25) is 0 Å². The molecule has 3 rings (SSSR count). The normalized spacial score (nSPS) is 10.8. The van der Waals surface area contributed by atoms with E-state index in [-0.39, 0.29) is 0 Å². The van der Waals surface area contributed by atoms with E-state index in [0.29, 0.717) is 0 Å². The zero-order valence-corrected chi connectivity index (χ0v) is 15.2. The van der Waals surface area contributed by atoms with Crippen LogP contribution in [0, 0.1) is 27.7 Å². The molecule has 0 spiro atoms. The van der Waals surface area contributed by atoms with Crippen LogP contribution in [0.2, 0.25) is 0 Å². The molecule has 0 radical (unpaired) electrons. The molecular formula is C24H26. The largest absolute Gasteiger partial charge is 0.0591 e. The molecule has 0 aliphatic rings. The van der Waals surface area contributed by atoms with Crippen molar-refractivity contribution in [2.24, 2.45) is 0 Å². The second-order valence-corrected chi connectivity index (χ2v) is 6.93. The molecule has 3 aromatic carbocycles. The monoisotopic (exact) mass is 314 g/mol. The quantitative estimate of drug-likeness (QED) is 0.524. The molecule has 0 unspecified atom stereocenters. The van der Waals surface area contributed by atoms with E-state index in [9.17, 15) is 0 Å². The van der Waals surface area contributed by atoms with Gasteiger partial charge in [0.15, 0.2) is 0 Å². The topological polar surface area (TPSA) is 0 Å². The van der Waals surface area contributed by atoms with E-state index < -0.39 is 0 Å². The second kappa shape index (κ2) is 7.05. The van der Waals surface area contributed by atoms with Crippen molar-refractivity contribution in [2.45, 2.75) is 40.5 Å². The lowest BCUT2D eigenvalue weighted by Gasteiger charge is -2.11. The van der Waals surface area contributed by atoms with Gasteiger partial charge in [0.05, 0.1) is 0 Å². The Hall–Kier alpha value is -2.34. The summed E-state index contributed by atoms with van der Waals surface area (Å²) in [5, 5.41) is 0. The van der Waals surface area contributed by atoms with Crippen LogP contribution in [0.3, 0.4) is 0 Å². The van der Waals surface area contributed by atoms with E-state index in [1.54, 1.807) is 0 Å². The number of hydrogen-bond acceptors (Lipinski definition) is 0.